The van der Waals surface area contributed by atoms with Crippen molar-refractivity contribution < 1.29 is 14.3 Å². The molecule has 3 heteroatoms. The van der Waals surface area contributed by atoms with E-state index in [4.69, 9.17) is 4.74 Å². The first-order valence-corrected chi connectivity index (χ1v) is 5.97. The van der Waals surface area contributed by atoms with E-state index in [0.29, 0.717) is 5.57 Å². The molecule has 1 aliphatic carbocycles. The van der Waals surface area contributed by atoms with Gasteiger partial charge in [-0.25, -0.2) is 4.79 Å². The van der Waals surface area contributed by atoms with Crippen LogP contribution in [0, 0.1) is 0 Å². The van der Waals surface area contributed by atoms with E-state index in [1.165, 1.54) is 32.3 Å². The van der Waals surface area contributed by atoms with E-state index < -0.39 is 0 Å². The van der Waals surface area contributed by atoms with E-state index >= 15 is 0 Å². The molecule has 0 aromatic heterocycles. The Morgan fingerprint density at radius 1 is 1.18 bits per heavy atom. The van der Waals surface area contributed by atoms with Gasteiger partial charge in [0.25, 0.3) is 0 Å². The normalized spacial score (nSPS) is 15.2. The molecule has 0 aromatic carbocycles. The fourth-order valence-electron chi connectivity index (χ4n) is 1.43. The molecule has 0 saturated heterocycles. The van der Waals surface area contributed by atoms with Crippen LogP contribution in [0.15, 0.2) is 24.8 Å². The molecule has 0 bridgehead atoms. The van der Waals surface area contributed by atoms with Crippen LogP contribution in [0.25, 0.3) is 0 Å². The predicted octanol–water partition coefficient (Wildman–Crippen LogP) is 3.20. The Morgan fingerprint density at radius 3 is 2.00 bits per heavy atom. The molecular weight excluding hydrogens is 216 g/mol. The molecule has 0 atom stereocenters. The van der Waals surface area contributed by atoms with Gasteiger partial charge in [0.2, 0.25) is 0 Å². The largest absolute Gasteiger partial charge is 0.459 e. The summed E-state index contributed by atoms with van der Waals surface area (Å²) in [6.07, 6.45) is 7.14. The smallest absolute Gasteiger partial charge is 0.333 e. The molecule has 0 heterocycles. The summed E-state index contributed by atoms with van der Waals surface area (Å²) in [4.78, 5) is 20.8. The van der Waals surface area contributed by atoms with Crippen LogP contribution in [0.3, 0.4) is 0 Å². The van der Waals surface area contributed by atoms with Crippen molar-refractivity contribution in [3.05, 3.63) is 24.8 Å². The Kier molecular flexibility index (Phi) is 8.03. The zero-order chi connectivity index (χ0) is 13.3. The van der Waals surface area contributed by atoms with Gasteiger partial charge < -0.3 is 4.74 Å². The number of hydrogen-bond donors (Lipinski definition) is 0. The highest BCUT2D eigenvalue weighted by Crippen LogP contribution is 2.20. The third kappa shape index (κ3) is 8.43. The summed E-state index contributed by atoms with van der Waals surface area (Å²) in [7, 11) is 0. The summed E-state index contributed by atoms with van der Waals surface area (Å²) in [5.41, 5.74) is 0.501. The highest BCUT2D eigenvalue weighted by Gasteiger charge is 2.17. The van der Waals surface area contributed by atoms with Crippen molar-refractivity contribution >= 4 is 11.8 Å². The average Bonchev–Trinajstić information content (AvgIpc) is 2.31. The molecule has 0 aromatic rings. The Morgan fingerprint density at radius 2 is 1.65 bits per heavy atom. The third-order valence-electron chi connectivity index (χ3n) is 2.46. The summed E-state index contributed by atoms with van der Waals surface area (Å²) < 4.78 is 5.21. The third-order valence-corrected chi connectivity index (χ3v) is 2.46. The maximum atomic E-state index is 11.1. The van der Waals surface area contributed by atoms with E-state index in [-0.39, 0.29) is 17.9 Å². The Labute approximate surface area is 104 Å². The lowest BCUT2D eigenvalue weighted by molar-refractivity contribution is -0.145. The second kappa shape index (κ2) is 8.74. The standard InChI is InChI=1S/C10H16O2.C4H6O/c1-8(2)10(11)12-9-6-4-3-5-7-9;1-3-4(2)5/h9H,1,3-7H2,2H3;3H,1H2,2H3. The van der Waals surface area contributed by atoms with Gasteiger partial charge in [0, 0.05) is 5.57 Å². The van der Waals surface area contributed by atoms with Crippen LogP contribution in [0.4, 0.5) is 0 Å². The highest BCUT2D eigenvalue weighted by atomic mass is 16.5. The van der Waals surface area contributed by atoms with E-state index in [2.05, 4.69) is 13.2 Å². The topological polar surface area (TPSA) is 43.4 Å². The maximum Gasteiger partial charge on any atom is 0.333 e. The molecule has 0 unspecified atom stereocenters. The number of allylic oxidation sites excluding steroid dienone is 1. The van der Waals surface area contributed by atoms with Crippen molar-refractivity contribution in [1.29, 1.82) is 0 Å². The first-order valence-electron chi connectivity index (χ1n) is 5.97. The molecule has 17 heavy (non-hydrogen) atoms. The molecule has 1 aliphatic rings. The SMILES string of the molecule is C=C(C)C(=O)OC1CCCCC1.C=CC(C)=O. The number of hydrogen-bond acceptors (Lipinski definition) is 3. The minimum atomic E-state index is -0.234. The molecule has 0 radical (unpaired) electrons. The summed E-state index contributed by atoms with van der Waals surface area (Å²) in [5.74, 6) is -0.216. The van der Waals surface area contributed by atoms with Crippen LogP contribution >= 0.6 is 0 Å². The zero-order valence-electron chi connectivity index (χ0n) is 10.8. The average molecular weight is 238 g/mol. The first-order chi connectivity index (χ1) is 7.97. The number of ketones is 1. The second-order valence-electron chi connectivity index (χ2n) is 4.26. The van der Waals surface area contributed by atoms with Crippen LogP contribution in [-0.4, -0.2) is 17.9 Å². The van der Waals surface area contributed by atoms with Gasteiger partial charge >= 0.3 is 5.97 Å². The highest BCUT2D eigenvalue weighted by molar-refractivity contribution is 5.87. The number of rotatable bonds is 3. The summed E-state index contributed by atoms with van der Waals surface area (Å²) in [5, 5.41) is 0. The molecule has 3 nitrogen and oxygen atoms in total. The fraction of sp³-hybridized carbons (Fsp3) is 0.571. The first kappa shape index (κ1) is 15.6. The van der Waals surface area contributed by atoms with Crippen LogP contribution < -0.4 is 0 Å². The van der Waals surface area contributed by atoms with Crippen LogP contribution in [-0.2, 0) is 14.3 Å². The van der Waals surface area contributed by atoms with Gasteiger partial charge in [-0.1, -0.05) is 19.6 Å². The van der Waals surface area contributed by atoms with Crippen LogP contribution in [0.5, 0.6) is 0 Å². The number of carbonyl (C=O) groups is 2. The molecule has 1 fully saturated rings. The van der Waals surface area contributed by atoms with Gasteiger partial charge in [-0.15, -0.1) is 0 Å². The van der Waals surface area contributed by atoms with Gasteiger partial charge in [-0.3, -0.25) is 4.79 Å². The zero-order valence-corrected chi connectivity index (χ0v) is 10.8. The minimum absolute atomic E-state index is 0.0185. The predicted molar refractivity (Wildman–Crippen MR) is 68.7 cm³/mol. The van der Waals surface area contributed by atoms with E-state index in [1.54, 1.807) is 6.92 Å². The van der Waals surface area contributed by atoms with E-state index in [1.807, 2.05) is 0 Å². The van der Waals surface area contributed by atoms with Gasteiger partial charge in [-0.2, -0.15) is 0 Å². The summed E-state index contributed by atoms with van der Waals surface area (Å²) >= 11 is 0. The maximum absolute atomic E-state index is 11.1. The van der Waals surface area contributed by atoms with E-state index in [0.717, 1.165) is 12.8 Å². The van der Waals surface area contributed by atoms with Crippen molar-refractivity contribution in [2.75, 3.05) is 0 Å². The molecule has 1 rings (SSSR count). The minimum Gasteiger partial charge on any atom is -0.459 e. The number of esters is 1. The van der Waals surface area contributed by atoms with Gasteiger partial charge in [-0.05, 0) is 45.6 Å². The van der Waals surface area contributed by atoms with Crippen molar-refractivity contribution in [2.45, 2.75) is 52.1 Å². The molecule has 0 N–H and O–H groups in total. The van der Waals surface area contributed by atoms with Crippen molar-refractivity contribution in [3.63, 3.8) is 0 Å². The lowest BCUT2D eigenvalue weighted by Gasteiger charge is -2.21. The summed E-state index contributed by atoms with van der Waals surface area (Å²) in [6.45, 7) is 9.91. The molecule has 96 valence electrons. The lowest BCUT2D eigenvalue weighted by atomic mass is 9.98. The van der Waals surface area contributed by atoms with Crippen molar-refractivity contribution in [2.24, 2.45) is 0 Å². The van der Waals surface area contributed by atoms with Crippen molar-refractivity contribution in [1.82, 2.24) is 0 Å². The Hall–Kier alpha value is -1.38. The molecule has 1 saturated carbocycles. The van der Waals surface area contributed by atoms with Gasteiger partial charge in [0.1, 0.15) is 6.10 Å². The number of ether oxygens (including phenoxy) is 1. The van der Waals surface area contributed by atoms with Gasteiger partial charge in [0.05, 0.1) is 0 Å². The van der Waals surface area contributed by atoms with Crippen molar-refractivity contribution in [3.8, 4) is 0 Å². The molecule has 0 aliphatic heterocycles. The molecular formula is C14H22O3. The van der Waals surface area contributed by atoms with Crippen LogP contribution in [0.2, 0.25) is 0 Å². The Balaban J connectivity index is 0.000000437. The quantitative estimate of drug-likeness (QED) is 0.560. The van der Waals surface area contributed by atoms with E-state index in [9.17, 15) is 9.59 Å². The summed E-state index contributed by atoms with van der Waals surface area (Å²) in [6, 6.07) is 0. The second-order valence-corrected chi connectivity index (χ2v) is 4.26. The van der Waals surface area contributed by atoms with Crippen LogP contribution in [0.1, 0.15) is 46.0 Å². The number of carbonyl (C=O) groups excluding carboxylic acids is 2. The van der Waals surface area contributed by atoms with Gasteiger partial charge in [0.15, 0.2) is 5.78 Å². The molecule has 0 spiro atoms. The fourth-order valence-corrected chi connectivity index (χ4v) is 1.43. The monoisotopic (exact) mass is 238 g/mol. The lowest BCUT2D eigenvalue weighted by Crippen LogP contribution is -2.20. The molecule has 0 amide bonds. The Bertz CT molecular complexity index is 286.